The summed E-state index contributed by atoms with van der Waals surface area (Å²) in [7, 11) is 0. The molecule has 1 aromatic heterocycles. The summed E-state index contributed by atoms with van der Waals surface area (Å²) in [4.78, 5) is 4.43. The van der Waals surface area contributed by atoms with E-state index in [-0.39, 0.29) is 5.75 Å². The number of benzene rings is 2. The lowest BCUT2D eigenvalue weighted by Gasteiger charge is -2.15. The van der Waals surface area contributed by atoms with Crippen LogP contribution in [-0.4, -0.2) is 24.4 Å². The van der Waals surface area contributed by atoms with Crippen LogP contribution in [0.1, 0.15) is 18.1 Å². The van der Waals surface area contributed by atoms with Crippen LogP contribution in [0.25, 0.3) is 10.9 Å². The van der Waals surface area contributed by atoms with E-state index in [2.05, 4.69) is 10.3 Å². The molecule has 7 heteroatoms. The van der Waals surface area contributed by atoms with Crippen molar-refractivity contribution >= 4 is 10.9 Å². The van der Waals surface area contributed by atoms with Gasteiger partial charge in [0.25, 0.3) is 0 Å². The number of hydrogen-bond donors (Lipinski definition) is 1. The summed E-state index contributed by atoms with van der Waals surface area (Å²) in [5, 5.41) is 4.41. The van der Waals surface area contributed by atoms with E-state index in [1.54, 1.807) is 25.3 Å². The van der Waals surface area contributed by atoms with Crippen LogP contribution in [0.15, 0.2) is 54.7 Å². The summed E-state index contributed by atoms with van der Waals surface area (Å²) in [5.74, 6) is 0.388. The van der Waals surface area contributed by atoms with Gasteiger partial charge in [0.15, 0.2) is 18.1 Å². The van der Waals surface area contributed by atoms with Crippen LogP contribution >= 0.6 is 0 Å². The van der Waals surface area contributed by atoms with E-state index in [1.165, 1.54) is 6.07 Å². The highest BCUT2D eigenvalue weighted by atomic mass is 19.4. The summed E-state index contributed by atoms with van der Waals surface area (Å²) in [6.07, 6.45) is -2.63. The van der Waals surface area contributed by atoms with E-state index in [0.29, 0.717) is 25.4 Å². The molecule has 3 aromatic rings. The van der Waals surface area contributed by atoms with Crippen molar-refractivity contribution in [3.63, 3.8) is 0 Å². The molecule has 0 bridgehead atoms. The van der Waals surface area contributed by atoms with Crippen molar-refractivity contribution in [1.29, 1.82) is 0 Å². The molecular formula is C21H21F3N2O2. The topological polar surface area (TPSA) is 43.4 Å². The number of alkyl halides is 3. The van der Waals surface area contributed by atoms with Gasteiger partial charge < -0.3 is 14.8 Å². The van der Waals surface area contributed by atoms with Crippen LogP contribution < -0.4 is 14.8 Å². The number of pyridine rings is 1. The molecule has 0 saturated heterocycles. The van der Waals surface area contributed by atoms with Gasteiger partial charge in [-0.2, -0.15) is 13.2 Å². The SMILES string of the molecule is CCOc1cc(CNCc2cccc3cccnc23)ccc1OCC(F)(F)F. The molecule has 0 fully saturated rings. The lowest BCUT2D eigenvalue weighted by molar-refractivity contribution is -0.153. The number of nitrogens with zero attached hydrogens (tertiary/aromatic N) is 1. The largest absolute Gasteiger partial charge is 0.490 e. The highest BCUT2D eigenvalue weighted by molar-refractivity contribution is 5.81. The van der Waals surface area contributed by atoms with E-state index in [1.807, 2.05) is 30.3 Å². The van der Waals surface area contributed by atoms with Gasteiger partial charge in [0.1, 0.15) is 0 Å². The summed E-state index contributed by atoms with van der Waals surface area (Å²) in [6, 6.07) is 14.9. The summed E-state index contributed by atoms with van der Waals surface area (Å²) < 4.78 is 47.5. The predicted octanol–water partition coefficient (Wildman–Crippen LogP) is 4.86. The van der Waals surface area contributed by atoms with E-state index in [9.17, 15) is 13.2 Å². The zero-order chi connectivity index (χ0) is 20.0. The monoisotopic (exact) mass is 390 g/mol. The number of aromatic nitrogens is 1. The maximum Gasteiger partial charge on any atom is 0.422 e. The molecule has 2 aromatic carbocycles. The van der Waals surface area contributed by atoms with Crippen LogP contribution in [0.2, 0.25) is 0 Å². The second-order valence-corrected chi connectivity index (χ2v) is 6.21. The highest BCUT2D eigenvalue weighted by Gasteiger charge is 2.29. The standard InChI is InChI=1S/C21H21F3N2O2/c1-2-27-19-11-15(8-9-18(19)28-14-21(22,23)24)12-25-13-17-6-3-5-16-7-4-10-26-20(16)17/h3-11,25H,2,12-14H2,1H3. The van der Waals surface area contributed by atoms with Gasteiger partial charge in [0, 0.05) is 24.7 Å². The maximum atomic E-state index is 12.4. The summed E-state index contributed by atoms with van der Waals surface area (Å²) in [5.41, 5.74) is 2.91. The number of fused-ring (bicyclic) bond motifs is 1. The number of nitrogens with one attached hydrogen (secondary N) is 1. The Morgan fingerprint density at radius 3 is 2.57 bits per heavy atom. The fraction of sp³-hybridized carbons (Fsp3) is 0.286. The van der Waals surface area contributed by atoms with Crippen molar-refractivity contribution in [2.45, 2.75) is 26.2 Å². The van der Waals surface area contributed by atoms with E-state index >= 15 is 0 Å². The number of rotatable bonds is 8. The van der Waals surface area contributed by atoms with Crippen LogP contribution in [0.4, 0.5) is 13.2 Å². The summed E-state index contributed by atoms with van der Waals surface area (Å²) in [6.45, 7) is 1.90. The fourth-order valence-corrected chi connectivity index (χ4v) is 2.86. The Kier molecular flexibility index (Phi) is 6.36. The van der Waals surface area contributed by atoms with Crippen molar-refractivity contribution < 1.29 is 22.6 Å². The molecule has 0 aliphatic carbocycles. The molecule has 148 valence electrons. The highest BCUT2D eigenvalue weighted by Crippen LogP contribution is 2.30. The molecule has 28 heavy (non-hydrogen) atoms. The first-order valence-electron chi connectivity index (χ1n) is 8.95. The Labute approximate surface area is 161 Å². The van der Waals surface area contributed by atoms with Crippen molar-refractivity contribution in [3.05, 3.63) is 65.9 Å². The smallest absolute Gasteiger partial charge is 0.422 e. The van der Waals surface area contributed by atoms with Gasteiger partial charge in [0.2, 0.25) is 0 Å². The Morgan fingerprint density at radius 1 is 0.964 bits per heavy atom. The Balaban J connectivity index is 1.66. The van der Waals surface area contributed by atoms with Crippen LogP contribution in [-0.2, 0) is 13.1 Å². The number of hydrogen-bond acceptors (Lipinski definition) is 4. The number of halogens is 3. The van der Waals surface area contributed by atoms with Crippen molar-refractivity contribution in [2.75, 3.05) is 13.2 Å². The first kappa shape index (κ1) is 19.9. The molecule has 0 aliphatic rings. The Morgan fingerprint density at radius 2 is 1.79 bits per heavy atom. The average Bonchev–Trinajstić information content (AvgIpc) is 2.67. The fourth-order valence-electron chi connectivity index (χ4n) is 2.86. The van der Waals surface area contributed by atoms with Gasteiger partial charge in [-0.1, -0.05) is 30.3 Å². The Bertz CT molecular complexity index is 924. The quantitative estimate of drug-likeness (QED) is 0.596. The minimum absolute atomic E-state index is 0.0844. The summed E-state index contributed by atoms with van der Waals surface area (Å²) >= 11 is 0. The molecule has 0 spiro atoms. The second kappa shape index (κ2) is 8.93. The maximum absolute atomic E-state index is 12.4. The first-order valence-corrected chi connectivity index (χ1v) is 8.95. The Hall–Kier alpha value is -2.80. The number of para-hydroxylation sites is 1. The zero-order valence-corrected chi connectivity index (χ0v) is 15.4. The van der Waals surface area contributed by atoms with Gasteiger partial charge in [-0.3, -0.25) is 4.98 Å². The minimum atomic E-state index is -4.39. The average molecular weight is 390 g/mol. The molecule has 1 N–H and O–H groups in total. The van der Waals surface area contributed by atoms with Crippen LogP contribution in [0.3, 0.4) is 0 Å². The van der Waals surface area contributed by atoms with Crippen molar-refractivity contribution in [2.24, 2.45) is 0 Å². The van der Waals surface area contributed by atoms with E-state index in [0.717, 1.165) is 22.0 Å². The molecule has 0 atom stereocenters. The minimum Gasteiger partial charge on any atom is -0.490 e. The van der Waals surface area contributed by atoms with Crippen LogP contribution in [0.5, 0.6) is 11.5 Å². The van der Waals surface area contributed by atoms with Gasteiger partial charge in [-0.25, -0.2) is 0 Å². The zero-order valence-electron chi connectivity index (χ0n) is 15.4. The van der Waals surface area contributed by atoms with E-state index in [4.69, 9.17) is 9.47 Å². The third kappa shape index (κ3) is 5.36. The van der Waals surface area contributed by atoms with Gasteiger partial charge in [-0.15, -0.1) is 0 Å². The molecule has 4 nitrogen and oxygen atoms in total. The predicted molar refractivity (Wildman–Crippen MR) is 101 cm³/mol. The van der Waals surface area contributed by atoms with Crippen molar-refractivity contribution in [1.82, 2.24) is 10.3 Å². The van der Waals surface area contributed by atoms with Crippen LogP contribution in [0, 0.1) is 0 Å². The normalized spacial score (nSPS) is 11.6. The second-order valence-electron chi connectivity index (χ2n) is 6.21. The van der Waals surface area contributed by atoms with Gasteiger partial charge in [0.05, 0.1) is 12.1 Å². The molecule has 0 saturated carbocycles. The van der Waals surface area contributed by atoms with Crippen molar-refractivity contribution in [3.8, 4) is 11.5 Å². The van der Waals surface area contributed by atoms with E-state index < -0.39 is 12.8 Å². The molecule has 0 unspecified atom stereocenters. The molecule has 0 radical (unpaired) electrons. The van der Waals surface area contributed by atoms with Gasteiger partial charge in [-0.05, 0) is 36.2 Å². The number of ether oxygens (including phenoxy) is 2. The molecule has 3 rings (SSSR count). The lowest BCUT2D eigenvalue weighted by Crippen LogP contribution is -2.19. The third-order valence-corrected chi connectivity index (χ3v) is 4.06. The van der Waals surface area contributed by atoms with Gasteiger partial charge >= 0.3 is 6.18 Å². The molecule has 1 heterocycles. The third-order valence-electron chi connectivity index (χ3n) is 4.06. The first-order chi connectivity index (χ1) is 13.5. The lowest BCUT2D eigenvalue weighted by atomic mass is 10.1. The molecule has 0 aliphatic heterocycles. The molecular weight excluding hydrogens is 369 g/mol. The molecule has 0 amide bonds.